The number of benzene rings is 1. The SMILES string of the molecule is C=Cc1ccc(COCC(F)(F)F)c([N+](=O)[O-])c1. The molecule has 1 aromatic carbocycles. The van der Waals surface area contributed by atoms with Crippen molar-refractivity contribution in [1.29, 1.82) is 0 Å². The highest BCUT2D eigenvalue weighted by atomic mass is 19.4. The highest BCUT2D eigenvalue weighted by Gasteiger charge is 2.27. The van der Waals surface area contributed by atoms with Crippen molar-refractivity contribution in [1.82, 2.24) is 0 Å². The Morgan fingerprint density at radius 1 is 1.44 bits per heavy atom. The summed E-state index contributed by atoms with van der Waals surface area (Å²) in [6.07, 6.45) is -3.04. The van der Waals surface area contributed by atoms with Gasteiger partial charge in [-0.05, 0) is 11.6 Å². The maximum Gasteiger partial charge on any atom is 0.411 e. The number of alkyl halides is 3. The number of halogens is 3. The van der Waals surface area contributed by atoms with Crippen molar-refractivity contribution < 1.29 is 22.8 Å². The van der Waals surface area contributed by atoms with Crippen LogP contribution in [0, 0.1) is 10.1 Å². The van der Waals surface area contributed by atoms with Crippen molar-refractivity contribution in [3.05, 3.63) is 46.0 Å². The first-order valence-corrected chi connectivity index (χ1v) is 4.88. The number of nitrogens with zero attached hydrogens (tertiary/aromatic N) is 1. The molecule has 98 valence electrons. The van der Waals surface area contributed by atoms with Gasteiger partial charge in [-0.2, -0.15) is 13.2 Å². The Labute approximate surface area is 101 Å². The minimum Gasteiger partial charge on any atom is -0.367 e. The maximum atomic E-state index is 11.9. The summed E-state index contributed by atoms with van der Waals surface area (Å²) >= 11 is 0. The summed E-state index contributed by atoms with van der Waals surface area (Å²) in [5, 5.41) is 10.7. The van der Waals surface area contributed by atoms with Crippen LogP contribution in [0.3, 0.4) is 0 Å². The molecule has 0 saturated heterocycles. The second kappa shape index (κ2) is 5.63. The molecule has 1 rings (SSSR count). The molecular formula is C11H10F3NO3. The van der Waals surface area contributed by atoms with Crippen LogP contribution in [0.1, 0.15) is 11.1 Å². The molecule has 1 aromatic rings. The molecule has 0 aromatic heterocycles. The molecule has 0 bridgehead atoms. The molecule has 0 aliphatic rings. The molecule has 0 heterocycles. The molecule has 0 unspecified atom stereocenters. The lowest BCUT2D eigenvalue weighted by Crippen LogP contribution is -2.17. The van der Waals surface area contributed by atoms with Gasteiger partial charge in [-0.3, -0.25) is 10.1 Å². The molecule has 4 nitrogen and oxygen atoms in total. The van der Waals surface area contributed by atoms with E-state index in [4.69, 9.17) is 0 Å². The van der Waals surface area contributed by atoms with Crippen LogP contribution in [0.15, 0.2) is 24.8 Å². The van der Waals surface area contributed by atoms with Crippen LogP contribution in [0.5, 0.6) is 0 Å². The van der Waals surface area contributed by atoms with E-state index < -0.39 is 24.3 Å². The van der Waals surface area contributed by atoms with E-state index in [1.165, 1.54) is 24.3 Å². The summed E-state index contributed by atoms with van der Waals surface area (Å²) in [5.74, 6) is 0. The summed E-state index contributed by atoms with van der Waals surface area (Å²) in [6, 6.07) is 4.11. The van der Waals surface area contributed by atoms with Crippen LogP contribution in [0.4, 0.5) is 18.9 Å². The van der Waals surface area contributed by atoms with Crippen LogP contribution >= 0.6 is 0 Å². The van der Waals surface area contributed by atoms with Crippen molar-refractivity contribution in [3.8, 4) is 0 Å². The van der Waals surface area contributed by atoms with E-state index in [1.54, 1.807) is 0 Å². The zero-order chi connectivity index (χ0) is 13.8. The van der Waals surface area contributed by atoms with E-state index in [0.29, 0.717) is 5.56 Å². The van der Waals surface area contributed by atoms with E-state index in [0.717, 1.165) is 0 Å². The van der Waals surface area contributed by atoms with Crippen LogP contribution in [0.2, 0.25) is 0 Å². The second-order valence-electron chi connectivity index (χ2n) is 3.46. The summed E-state index contributed by atoms with van der Waals surface area (Å²) in [7, 11) is 0. The number of nitro benzene ring substituents is 1. The van der Waals surface area contributed by atoms with Crippen molar-refractivity contribution in [2.24, 2.45) is 0 Å². The van der Waals surface area contributed by atoms with Gasteiger partial charge in [-0.15, -0.1) is 0 Å². The average molecular weight is 261 g/mol. The molecule has 0 radical (unpaired) electrons. The van der Waals surface area contributed by atoms with Gasteiger partial charge < -0.3 is 4.74 Å². The fourth-order valence-electron chi connectivity index (χ4n) is 1.28. The monoisotopic (exact) mass is 261 g/mol. The first kappa shape index (κ1) is 14.2. The normalized spacial score (nSPS) is 11.3. The number of nitro groups is 1. The highest BCUT2D eigenvalue weighted by Crippen LogP contribution is 2.23. The first-order valence-electron chi connectivity index (χ1n) is 4.88. The van der Waals surface area contributed by atoms with Gasteiger partial charge in [0.05, 0.1) is 17.1 Å². The van der Waals surface area contributed by atoms with E-state index in [-0.39, 0.29) is 11.3 Å². The first-order chi connectivity index (χ1) is 8.33. The number of ether oxygens (including phenoxy) is 1. The van der Waals surface area contributed by atoms with Gasteiger partial charge in [0.2, 0.25) is 0 Å². The van der Waals surface area contributed by atoms with Gasteiger partial charge >= 0.3 is 6.18 Å². The Morgan fingerprint density at radius 2 is 2.11 bits per heavy atom. The Bertz CT molecular complexity index is 457. The Hall–Kier alpha value is -1.89. The number of hydrogen-bond acceptors (Lipinski definition) is 3. The fraction of sp³-hybridized carbons (Fsp3) is 0.273. The molecule has 0 amide bonds. The third-order valence-corrected chi connectivity index (χ3v) is 2.07. The van der Waals surface area contributed by atoms with Crippen LogP contribution in [0.25, 0.3) is 6.08 Å². The van der Waals surface area contributed by atoms with Crippen molar-refractivity contribution >= 4 is 11.8 Å². The lowest BCUT2D eigenvalue weighted by molar-refractivity contribution is -0.386. The third-order valence-electron chi connectivity index (χ3n) is 2.07. The topological polar surface area (TPSA) is 52.4 Å². The third kappa shape index (κ3) is 4.17. The maximum absolute atomic E-state index is 11.9. The molecule has 0 aliphatic carbocycles. The quantitative estimate of drug-likeness (QED) is 0.603. The predicted octanol–water partition coefficient (Wildman–Crippen LogP) is 3.32. The molecule has 0 N–H and O–H groups in total. The molecular weight excluding hydrogens is 251 g/mol. The Kier molecular flexibility index (Phi) is 4.43. The van der Waals surface area contributed by atoms with Crippen molar-refractivity contribution in [2.45, 2.75) is 12.8 Å². The second-order valence-corrected chi connectivity index (χ2v) is 3.46. The van der Waals surface area contributed by atoms with Crippen molar-refractivity contribution in [2.75, 3.05) is 6.61 Å². The summed E-state index contributed by atoms with van der Waals surface area (Å²) < 4.78 is 40.0. The standard InChI is InChI=1S/C11H10F3NO3/c1-2-8-3-4-9(10(5-8)15(16)17)6-18-7-11(12,13)14/h2-5H,1,6-7H2. The summed E-state index contributed by atoms with van der Waals surface area (Å²) in [6.45, 7) is 1.55. The molecule has 0 spiro atoms. The molecule has 18 heavy (non-hydrogen) atoms. The Morgan fingerprint density at radius 3 is 2.61 bits per heavy atom. The minimum atomic E-state index is -4.45. The Balaban J connectivity index is 2.82. The van der Waals surface area contributed by atoms with E-state index in [9.17, 15) is 23.3 Å². The molecule has 0 fully saturated rings. The van der Waals surface area contributed by atoms with E-state index in [1.807, 2.05) is 0 Å². The summed E-state index contributed by atoms with van der Waals surface area (Å²) in [4.78, 5) is 10.1. The zero-order valence-electron chi connectivity index (χ0n) is 9.24. The number of hydrogen-bond donors (Lipinski definition) is 0. The van der Waals surface area contributed by atoms with Crippen LogP contribution < -0.4 is 0 Å². The van der Waals surface area contributed by atoms with Gasteiger partial charge in [0.15, 0.2) is 0 Å². The van der Waals surface area contributed by atoms with E-state index >= 15 is 0 Å². The van der Waals surface area contributed by atoms with Crippen LogP contribution in [-0.2, 0) is 11.3 Å². The van der Waals surface area contributed by atoms with Gasteiger partial charge in [0.25, 0.3) is 5.69 Å². The molecule has 0 saturated carbocycles. The lowest BCUT2D eigenvalue weighted by Gasteiger charge is -2.08. The van der Waals surface area contributed by atoms with Gasteiger partial charge in [-0.25, -0.2) is 0 Å². The predicted molar refractivity (Wildman–Crippen MR) is 58.9 cm³/mol. The lowest BCUT2D eigenvalue weighted by atomic mass is 10.1. The molecule has 0 atom stereocenters. The zero-order valence-corrected chi connectivity index (χ0v) is 9.24. The smallest absolute Gasteiger partial charge is 0.367 e. The molecule has 0 aliphatic heterocycles. The van der Waals surface area contributed by atoms with Crippen molar-refractivity contribution in [3.63, 3.8) is 0 Å². The molecule has 7 heteroatoms. The highest BCUT2D eigenvalue weighted by molar-refractivity contribution is 5.54. The number of rotatable bonds is 5. The van der Waals surface area contributed by atoms with Gasteiger partial charge in [0.1, 0.15) is 6.61 Å². The largest absolute Gasteiger partial charge is 0.411 e. The summed E-state index contributed by atoms with van der Waals surface area (Å²) in [5.41, 5.74) is 0.325. The van der Waals surface area contributed by atoms with Crippen LogP contribution in [-0.4, -0.2) is 17.7 Å². The average Bonchev–Trinajstić information content (AvgIpc) is 2.27. The minimum absolute atomic E-state index is 0.0925. The van der Waals surface area contributed by atoms with E-state index in [2.05, 4.69) is 11.3 Å². The fourth-order valence-corrected chi connectivity index (χ4v) is 1.28. The van der Waals surface area contributed by atoms with Gasteiger partial charge in [0, 0.05) is 6.07 Å². The van der Waals surface area contributed by atoms with Gasteiger partial charge in [-0.1, -0.05) is 18.7 Å².